The zero-order chi connectivity index (χ0) is 9.97. The highest BCUT2D eigenvalue weighted by molar-refractivity contribution is 8.13. The summed E-state index contributed by atoms with van der Waals surface area (Å²) in [5, 5.41) is 4.17. The van der Waals surface area contributed by atoms with E-state index in [4.69, 9.17) is 0 Å². The number of carbonyl (C=O) groups is 1. The van der Waals surface area contributed by atoms with E-state index in [1.165, 1.54) is 0 Å². The Morgan fingerprint density at radius 3 is 3.07 bits per heavy atom. The number of amides is 1. The summed E-state index contributed by atoms with van der Waals surface area (Å²) in [5.74, 6) is 1.31. The van der Waals surface area contributed by atoms with Crippen LogP contribution in [0.4, 0.5) is 0 Å². The third-order valence-electron chi connectivity index (χ3n) is 2.52. The van der Waals surface area contributed by atoms with Gasteiger partial charge in [-0.05, 0) is 12.8 Å². The van der Waals surface area contributed by atoms with Crippen LogP contribution in [0.1, 0.15) is 12.8 Å². The number of nitrogens with zero attached hydrogens (tertiary/aromatic N) is 2. The van der Waals surface area contributed by atoms with Crippen LogP contribution in [-0.4, -0.2) is 47.9 Å². The first kappa shape index (κ1) is 9.83. The predicted molar refractivity (Wildman–Crippen MR) is 58.6 cm³/mol. The number of aliphatic imine (C=N–C) groups is 1. The lowest BCUT2D eigenvalue weighted by Crippen LogP contribution is -2.40. The van der Waals surface area contributed by atoms with Crippen molar-refractivity contribution in [2.45, 2.75) is 18.9 Å². The van der Waals surface area contributed by atoms with Crippen LogP contribution in [0, 0.1) is 0 Å². The SMILES string of the molecule is CN1CCC(NC2=NCCCS2)C1=O. The van der Waals surface area contributed by atoms with Crippen LogP contribution in [0.15, 0.2) is 4.99 Å². The molecule has 5 heteroatoms. The smallest absolute Gasteiger partial charge is 0.244 e. The van der Waals surface area contributed by atoms with Gasteiger partial charge in [0.2, 0.25) is 5.91 Å². The lowest BCUT2D eigenvalue weighted by Gasteiger charge is -2.17. The number of hydrogen-bond acceptors (Lipinski definition) is 4. The molecule has 1 atom stereocenters. The number of hydrogen-bond donors (Lipinski definition) is 1. The van der Waals surface area contributed by atoms with Gasteiger partial charge in [-0.3, -0.25) is 9.79 Å². The van der Waals surface area contributed by atoms with Crippen molar-refractivity contribution < 1.29 is 4.79 Å². The van der Waals surface area contributed by atoms with E-state index in [2.05, 4.69) is 10.3 Å². The molecule has 1 saturated heterocycles. The molecule has 1 unspecified atom stereocenters. The molecule has 0 aromatic heterocycles. The molecule has 1 fully saturated rings. The molecule has 2 heterocycles. The molecule has 1 amide bonds. The van der Waals surface area contributed by atoms with Crippen LogP contribution in [0.2, 0.25) is 0 Å². The Labute approximate surface area is 88.1 Å². The fraction of sp³-hybridized carbons (Fsp3) is 0.778. The molecule has 2 rings (SSSR count). The van der Waals surface area contributed by atoms with E-state index in [9.17, 15) is 4.79 Å². The maximum Gasteiger partial charge on any atom is 0.244 e. The van der Waals surface area contributed by atoms with Gasteiger partial charge in [0.1, 0.15) is 6.04 Å². The van der Waals surface area contributed by atoms with Gasteiger partial charge < -0.3 is 10.2 Å². The molecular formula is C9H15N3OS. The van der Waals surface area contributed by atoms with Gasteiger partial charge in [-0.25, -0.2) is 0 Å². The van der Waals surface area contributed by atoms with E-state index in [0.717, 1.165) is 36.9 Å². The van der Waals surface area contributed by atoms with E-state index < -0.39 is 0 Å². The predicted octanol–water partition coefficient (Wildman–Crippen LogP) is 0.300. The molecule has 1 N–H and O–H groups in total. The normalized spacial score (nSPS) is 27.8. The lowest BCUT2D eigenvalue weighted by molar-refractivity contribution is -0.127. The molecule has 0 aromatic rings. The van der Waals surface area contributed by atoms with Gasteiger partial charge in [0.25, 0.3) is 0 Å². The molecule has 14 heavy (non-hydrogen) atoms. The van der Waals surface area contributed by atoms with Crippen molar-refractivity contribution in [2.75, 3.05) is 25.9 Å². The first-order valence-corrected chi connectivity index (χ1v) is 5.95. The summed E-state index contributed by atoms with van der Waals surface area (Å²) in [4.78, 5) is 17.7. The molecule has 78 valence electrons. The fourth-order valence-corrected chi connectivity index (χ4v) is 2.53. The lowest BCUT2D eigenvalue weighted by atomic mass is 10.2. The molecular weight excluding hydrogens is 198 g/mol. The zero-order valence-electron chi connectivity index (χ0n) is 8.32. The number of amidine groups is 1. The Bertz CT molecular complexity index is 267. The largest absolute Gasteiger partial charge is 0.353 e. The Hall–Kier alpha value is -0.710. The Morgan fingerprint density at radius 2 is 2.50 bits per heavy atom. The number of rotatable bonds is 1. The van der Waals surface area contributed by atoms with Crippen molar-refractivity contribution in [1.29, 1.82) is 0 Å². The Balaban J connectivity index is 1.91. The number of likely N-dealkylation sites (N-methyl/N-ethyl adjacent to an activating group) is 1. The maximum absolute atomic E-state index is 11.6. The molecule has 0 bridgehead atoms. The van der Waals surface area contributed by atoms with Crippen LogP contribution in [0.3, 0.4) is 0 Å². The summed E-state index contributed by atoms with van der Waals surface area (Å²) in [6.07, 6.45) is 2.04. The highest BCUT2D eigenvalue weighted by Crippen LogP contribution is 2.14. The molecule has 2 aliphatic heterocycles. The summed E-state index contributed by atoms with van der Waals surface area (Å²) in [6, 6.07) is -0.0376. The van der Waals surface area contributed by atoms with Crippen molar-refractivity contribution in [1.82, 2.24) is 10.2 Å². The van der Waals surface area contributed by atoms with E-state index in [1.807, 2.05) is 7.05 Å². The number of carbonyl (C=O) groups excluding carboxylic acids is 1. The highest BCUT2D eigenvalue weighted by Gasteiger charge is 2.29. The average Bonchev–Trinajstić information content (AvgIpc) is 2.52. The van der Waals surface area contributed by atoms with Crippen molar-refractivity contribution in [3.8, 4) is 0 Å². The fourth-order valence-electron chi connectivity index (χ4n) is 1.65. The van der Waals surface area contributed by atoms with Gasteiger partial charge in [-0.15, -0.1) is 0 Å². The van der Waals surface area contributed by atoms with Crippen LogP contribution >= 0.6 is 11.8 Å². The summed E-state index contributed by atoms with van der Waals surface area (Å²) >= 11 is 1.72. The highest BCUT2D eigenvalue weighted by atomic mass is 32.2. The topological polar surface area (TPSA) is 44.7 Å². The summed E-state index contributed by atoms with van der Waals surface area (Å²) in [7, 11) is 1.85. The van der Waals surface area contributed by atoms with E-state index in [0.29, 0.717) is 0 Å². The third kappa shape index (κ3) is 2.03. The molecule has 0 spiro atoms. The molecule has 0 aliphatic carbocycles. The van der Waals surface area contributed by atoms with Crippen molar-refractivity contribution >= 4 is 22.8 Å². The summed E-state index contributed by atoms with van der Waals surface area (Å²) < 4.78 is 0. The van der Waals surface area contributed by atoms with Gasteiger partial charge >= 0.3 is 0 Å². The third-order valence-corrected chi connectivity index (χ3v) is 3.54. The van der Waals surface area contributed by atoms with Crippen LogP contribution in [0.5, 0.6) is 0 Å². The van der Waals surface area contributed by atoms with Crippen molar-refractivity contribution in [3.63, 3.8) is 0 Å². The second-order valence-electron chi connectivity index (χ2n) is 3.63. The first-order valence-electron chi connectivity index (χ1n) is 4.96. The number of nitrogens with one attached hydrogen (secondary N) is 1. The Kier molecular flexibility index (Phi) is 2.96. The van der Waals surface area contributed by atoms with Gasteiger partial charge in [0.15, 0.2) is 5.17 Å². The second-order valence-corrected chi connectivity index (χ2v) is 4.72. The van der Waals surface area contributed by atoms with Crippen molar-refractivity contribution in [2.24, 2.45) is 4.99 Å². The monoisotopic (exact) mass is 213 g/mol. The minimum absolute atomic E-state index is 0.0376. The minimum Gasteiger partial charge on any atom is -0.353 e. The van der Waals surface area contributed by atoms with Gasteiger partial charge in [0, 0.05) is 25.9 Å². The second kappa shape index (κ2) is 4.21. The first-order chi connectivity index (χ1) is 6.77. The van der Waals surface area contributed by atoms with Crippen molar-refractivity contribution in [3.05, 3.63) is 0 Å². The molecule has 2 aliphatic rings. The van der Waals surface area contributed by atoms with E-state index in [1.54, 1.807) is 16.7 Å². The zero-order valence-corrected chi connectivity index (χ0v) is 9.14. The molecule has 0 aromatic carbocycles. The standard InChI is InChI=1S/C9H15N3OS/c1-12-5-3-7(8(12)13)11-9-10-4-2-6-14-9/h7H,2-6H2,1H3,(H,10,11). The molecule has 4 nitrogen and oxygen atoms in total. The average molecular weight is 213 g/mol. The van der Waals surface area contributed by atoms with Gasteiger partial charge in [-0.1, -0.05) is 11.8 Å². The number of likely N-dealkylation sites (tertiary alicyclic amines) is 1. The van der Waals surface area contributed by atoms with E-state index >= 15 is 0 Å². The number of thioether (sulfide) groups is 1. The summed E-state index contributed by atoms with van der Waals surface area (Å²) in [5.41, 5.74) is 0. The van der Waals surface area contributed by atoms with Crippen LogP contribution in [-0.2, 0) is 4.79 Å². The Morgan fingerprint density at radius 1 is 1.64 bits per heavy atom. The van der Waals surface area contributed by atoms with Gasteiger partial charge in [0.05, 0.1) is 0 Å². The minimum atomic E-state index is -0.0376. The maximum atomic E-state index is 11.6. The van der Waals surface area contributed by atoms with E-state index in [-0.39, 0.29) is 11.9 Å². The summed E-state index contributed by atoms with van der Waals surface area (Å²) in [6.45, 7) is 1.75. The quantitative estimate of drug-likeness (QED) is 0.681. The molecule has 0 saturated carbocycles. The van der Waals surface area contributed by atoms with Crippen LogP contribution < -0.4 is 5.32 Å². The van der Waals surface area contributed by atoms with Gasteiger partial charge in [-0.2, -0.15) is 0 Å². The molecule has 0 radical (unpaired) electrons. The van der Waals surface area contributed by atoms with Crippen LogP contribution in [0.25, 0.3) is 0 Å².